The Morgan fingerprint density at radius 2 is 2.25 bits per heavy atom. The minimum Gasteiger partial charge on any atom is -0.448 e. The van der Waals surface area contributed by atoms with Crippen LogP contribution in [-0.2, 0) is 0 Å². The lowest BCUT2D eigenvalue weighted by Crippen LogP contribution is -1.83. The summed E-state index contributed by atoms with van der Waals surface area (Å²) in [7, 11) is 0. The molecule has 0 fully saturated rings. The molecule has 2 heteroatoms. The lowest BCUT2D eigenvalue weighted by atomic mass is 10.0. The van der Waals surface area contributed by atoms with Gasteiger partial charge < -0.3 is 4.74 Å². The molecule has 2 aromatic rings. The summed E-state index contributed by atoms with van der Waals surface area (Å²) in [4.78, 5) is 4.40. The van der Waals surface area contributed by atoms with E-state index < -0.39 is 0 Å². The molecular weight excluding hydrogens is 198 g/mol. The number of aryl methyl sites for hydroxylation is 1. The number of aromatic nitrogens is 1. The predicted octanol–water partition coefficient (Wildman–Crippen LogP) is 3.85. The van der Waals surface area contributed by atoms with Crippen molar-refractivity contribution in [3.8, 4) is 11.5 Å². The van der Waals surface area contributed by atoms with Crippen LogP contribution in [0.5, 0.6) is 11.5 Å². The van der Waals surface area contributed by atoms with Crippen molar-refractivity contribution in [3.63, 3.8) is 0 Å². The molecule has 1 aromatic heterocycles. The predicted molar refractivity (Wildman–Crippen MR) is 65.8 cm³/mol. The maximum atomic E-state index is 5.53. The zero-order chi connectivity index (χ0) is 11.1. The van der Waals surface area contributed by atoms with Gasteiger partial charge in [-0.2, -0.15) is 0 Å². The topological polar surface area (TPSA) is 25.4 Å². The van der Waals surface area contributed by atoms with E-state index in [1.807, 2.05) is 30.5 Å². The van der Waals surface area contributed by atoms with Gasteiger partial charge in [-0.05, 0) is 24.6 Å². The Labute approximate surface area is 93.9 Å². The summed E-state index contributed by atoms with van der Waals surface area (Å²) in [6, 6.07) is 3.98. The zero-order valence-electron chi connectivity index (χ0n) is 9.03. The first-order valence-electron chi connectivity index (χ1n) is 5.21. The molecule has 0 N–H and O–H groups in total. The number of ether oxygens (including phenoxy) is 1. The fraction of sp³-hybridized carbons (Fsp3) is 0.0714. The second-order valence-corrected chi connectivity index (χ2v) is 3.79. The summed E-state index contributed by atoms with van der Waals surface area (Å²) in [5, 5.41) is 1.10. The van der Waals surface area contributed by atoms with Crippen LogP contribution in [0, 0.1) is 6.92 Å². The molecule has 1 aliphatic rings. The number of rotatable bonds is 2. The maximum absolute atomic E-state index is 5.53. The van der Waals surface area contributed by atoms with E-state index in [1.165, 1.54) is 0 Å². The van der Waals surface area contributed by atoms with E-state index in [0.29, 0.717) is 0 Å². The van der Waals surface area contributed by atoms with E-state index >= 15 is 0 Å². The van der Waals surface area contributed by atoms with Crippen LogP contribution in [0.25, 0.3) is 17.0 Å². The van der Waals surface area contributed by atoms with Crippen molar-refractivity contribution in [1.29, 1.82) is 0 Å². The number of hydrogen-bond donors (Lipinski definition) is 0. The normalized spacial score (nSPS) is 12.6. The second kappa shape index (κ2) is 3.20. The monoisotopic (exact) mass is 209 g/mol. The number of benzene rings is 1. The molecule has 1 aromatic carbocycles. The van der Waals surface area contributed by atoms with Crippen molar-refractivity contribution in [1.82, 2.24) is 4.98 Å². The highest BCUT2D eigenvalue weighted by molar-refractivity contribution is 5.98. The molecule has 0 saturated carbocycles. The Morgan fingerprint density at radius 1 is 1.38 bits per heavy atom. The lowest BCUT2D eigenvalue weighted by Gasteiger charge is -2.00. The van der Waals surface area contributed by atoms with Crippen LogP contribution in [0.15, 0.2) is 37.1 Å². The standard InChI is InChI=1S/C14H11NO/c1-3-4-6-10-9(2)12-11(7-5-8-15-12)14-13(10)16-14/h3-8H,1H2,2H3/b6-4-. The SMILES string of the molecule is C=C/C=C\c1c2c(c3cccnc3c1C)O2. The minimum atomic E-state index is 0.970. The van der Waals surface area contributed by atoms with Gasteiger partial charge in [0.2, 0.25) is 0 Å². The summed E-state index contributed by atoms with van der Waals surface area (Å²) in [6.07, 6.45) is 7.50. The summed E-state index contributed by atoms with van der Waals surface area (Å²) >= 11 is 0. The van der Waals surface area contributed by atoms with Gasteiger partial charge in [0.15, 0.2) is 11.5 Å². The number of pyridine rings is 1. The van der Waals surface area contributed by atoms with Crippen molar-refractivity contribution in [3.05, 3.63) is 48.2 Å². The third-order valence-corrected chi connectivity index (χ3v) is 2.82. The molecule has 0 atom stereocenters. The van der Waals surface area contributed by atoms with Crippen LogP contribution in [0.1, 0.15) is 11.1 Å². The molecule has 0 spiro atoms. The Hall–Kier alpha value is -2.09. The molecule has 0 unspecified atom stereocenters. The van der Waals surface area contributed by atoms with Crippen LogP contribution in [0.3, 0.4) is 0 Å². The van der Waals surface area contributed by atoms with Crippen LogP contribution in [0.4, 0.5) is 0 Å². The molecule has 0 bridgehead atoms. The van der Waals surface area contributed by atoms with Gasteiger partial charge >= 0.3 is 0 Å². The van der Waals surface area contributed by atoms with Gasteiger partial charge in [-0.3, -0.25) is 4.98 Å². The van der Waals surface area contributed by atoms with Gasteiger partial charge in [-0.25, -0.2) is 0 Å². The first kappa shape index (κ1) is 9.16. The average Bonchev–Trinajstić information content (AvgIpc) is 3.09. The van der Waals surface area contributed by atoms with Crippen LogP contribution in [0.2, 0.25) is 0 Å². The van der Waals surface area contributed by atoms with Gasteiger partial charge in [0.25, 0.3) is 0 Å². The number of hydrogen-bond acceptors (Lipinski definition) is 2. The van der Waals surface area contributed by atoms with Crippen LogP contribution < -0.4 is 4.74 Å². The van der Waals surface area contributed by atoms with Crippen molar-refractivity contribution in [2.75, 3.05) is 0 Å². The van der Waals surface area contributed by atoms with Gasteiger partial charge in [-0.1, -0.05) is 24.8 Å². The Bertz CT molecular complexity index is 626. The van der Waals surface area contributed by atoms with Gasteiger partial charge in [0, 0.05) is 17.1 Å². The summed E-state index contributed by atoms with van der Waals surface area (Å²) in [6.45, 7) is 5.74. The molecule has 2 nitrogen and oxygen atoms in total. The molecule has 78 valence electrons. The fourth-order valence-electron chi connectivity index (χ4n) is 1.98. The largest absolute Gasteiger partial charge is 0.448 e. The zero-order valence-corrected chi connectivity index (χ0v) is 9.03. The molecule has 3 rings (SSSR count). The molecule has 0 radical (unpaired) electrons. The van der Waals surface area contributed by atoms with Crippen LogP contribution in [-0.4, -0.2) is 4.98 Å². The highest BCUT2D eigenvalue weighted by Gasteiger charge is 2.29. The third kappa shape index (κ3) is 1.16. The smallest absolute Gasteiger partial charge is 0.180 e. The van der Waals surface area contributed by atoms with Crippen molar-refractivity contribution in [2.24, 2.45) is 0 Å². The fourth-order valence-corrected chi connectivity index (χ4v) is 1.98. The summed E-state index contributed by atoms with van der Waals surface area (Å²) in [5.41, 5.74) is 3.29. The van der Waals surface area contributed by atoms with Crippen molar-refractivity contribution >= 4 is 17.0 Å². The van der Waals surface area contributed by atoms with Gasteiger partial charge in [-0.15, -0.1) is 0 Å². The maximum Gasteiger partial charge on any atom is 0.180 e. The number of fused-ring (bicyclic) bond motifs is 3. The Balaban J connectivity index is 2.34. The molecule has 0 aliphatic carbocycles. The first-order chi connectivity index (χ1) is 7.83. The average molecular weight is 209 g/mol. The molecule has 0 amide bonds. The number of nitrogens with zero attached hydrogens (tertiary/aromatic N) is 1. The molecule has 16 heavy (non-hydrogen) atoms. The van der Waals surface area contributed by atoms with Gasteiger partial charge in [0.05, 0.1) is 5.52 Å². The molecular formula is C14H11NO. The van der Waals surface area contributed by atoms with E-state index in [4.69, 9.17) is 4.74 Å². The van der Waals surface area contributed by atoms with Gasteiger partial charge in [0.1, 0.15) is 0 Å². The van der Waals surface area contributed by atoms with Crippen LogP contribution >= 0.6 is 0 Å². The lowest BCUT2D eigenvalue weighted by molar-refractivity contribution is 0.652. The van der Waals surface area contributed by atoms with E-state index in [-0.39, 0.29) is 0 Å². The number of allylic oxidation sites excluding steroid dienone is 2. The Morgan fingerprint density at radius 3 is 3.06 bits per heavy atom. The minimum absolute atomic E-state index is 0.970. The highest BCUT2D eigenvalue weighted by atomic mass is 16.6. The third-order valence-electron chi connectivity index (χ3n) is 2.82. The van der Waals surface area contributed by atoms with E-state index in [0.717, 1.165) is 33.5 Å². The molecule has 1 aliphatic heterocycles. The molecule has 2 heterocycles. The van der Waals surface area contributed by atoms with E-state index in [1.54, 1.807) is 6.08 Å². The molecule has 0 saturated heterocycles. The van der Waals surface area contributed by atoms with Crippen molar-refractivity contribution in [2.45, 2.75) is 6.92 Å². The Kier molecular flexibility index (Phi) is 1.83. The second-order valence-electron chi connectivity index (χ2n) is 3.79. The van der Waals surface area contributed by atoms with E-state index in [9.17, 15) is 0 Å². The summed E-state index contributed by atoms with van der Waals surface area (Å²) in [5.74, 6) is 1.95. The quantitative estimate of drug-likeness (QED) is 0.473. The van der Waals surface area contributed by atoms with Crippen molar-refractivity contribution < 1.29 is 4.74 Å². The first-order valence-corrected chi connectivity index (χ1v) is 5.21. The van der Waals surface area contributed by atoms with E-state index in [2.05, 4.69) is 18.5 Å². The highest BCUT2D eigenvalue weighted by Crippen LogP contribution is 2.54. The summed E-state index contributed by atoms with van der Waals surface area (Å²) < 4.78 is 5.53.